The van der Waals surface area contributed by atoms with Crippen molar-refractivity contribution in [1.29, 1.82) is 0 Å². The largest absolute Gasteiger partial charge is 0.383 e. The highest BCUT2D eigenvalue weighted by atomic mass is 32.2. The van der Waals surface area contributed by atoms with Crippen LogP contribution in [0.15, 0.2) is 11.2 Å². The number of nitrogens with zero attached hydrogens (tertiary/aromatic N) is 2. The van der Waals surface area contributed by atoms with E-state index in [4.69, 9.17) is 5.73 Å². The lowest BCUT2D eigenvalue weighted by atomic mass is 10.5. The van der Waals surface area contributed by atoms with Crippen LogP contribution >= 0.6 is 11.8 Å². The number of hydrogen-bond acceptors (Lipinski definition) is 6. The number of nitrogens with one attached hydrogen (secondary N) is 2. The quantitative estimate of drug-likeness (QED) is 0.493. The number of thioether (sulfide) groups is 1. The molecule has 0 atom stereocenters. The van der Waals surface area contributed by atoms with E-state index in [1.165, 1.54) is 11.8 Å². The van der Waals surface area contributed by atoms with Gasteiger partial charge in [0.15, 0.2) is 5.16 Å². The molecule has 0 fully saturated rings. The minimum atomic E-state index is -0.113. The number of hydrogen-bond donors (Lipinski definition) is 3. The van der Waals surface area contributed by atoms with Crippen molar-refractivity contribution in [3.05, 3.63) is 6.07 Å². The Morgan fingerprint density at radius 3 is 2.93 bits per heavy atom. The van der Waals surface area contributed by atoms with Crippen LogP contribution in [0, 0.1) is 0 Å². The molecule has 1 aromatic rings. The van der Waals surface area contributed by atoms with Gasteiger partial charge >= 0.3 is 0 Å². The van der Waals surface area contributed by atoms with Gasteiger partial charge in [-0.1, -0.05) is 11.8 Å². The highest BCUT2D eigenvalue weighted by Gasteiger charge is 2.03. The Labute approximate surface area is 92.1 Å². The van der Waals surface area contributed by atoms with Gasteiger partial charge in [-0.3, -0.25) is 4.79 Å². The van der Waals surface area contributed by atoms with Gasteiger partial charge in [-0.25, -0.2) is 9.97 Å². The zero-order chi connectivity index (χ0) is 11.3. The summed E-state index contributed by atoms with van der Waals surface area (Å²) in [5, 5.41) is 5.93. The van der Waals surface area contributed by atoms with Crippen molar-refractivity contribution in [3.8, 4) is 0 Å². The third-order valence-corrected chi connectivity index (χ3v) is 2.16. The topological polar surface area (TPSA) is 92.9 Å². The fourth-order valence-electron chi connectivity index (χ4n) is 0.884. The van der Waals surface area contributed by atoms with E-state index in [2.05, 4.69) is 20.6 Å². The van der Waals surface area contributed by atoms with E-state index in [1.807, 2.05) is 6.26 Å². The maximum atomic E-state index is 11.0. The second-order valence-corrected chi connectivity index (χ2v) is 3.46. The Hall–Kier alpha value is -1.50. The third-order valence-electron chi connectivity index (χ3n) is 1.62. The lowest BCUT2D eigenvalue weighted by Crippen LogP contribution is -2.26. The van der Waals surface area contributed by atoms with Crippen molar-refractivity contribution in [2.75, 3.05) is 30.9 Å². The fraction of sp³-hybridized carbons (Fsp3) is 0.375. The summed E-state index contributed by atoms with van der Waals surface area (Å²) in [5.74, 6) is 0.821. The smallest absolute Gasteiger partial charge is 0.239 e. The number of carbonyl (C=O) groups excluding carboxylic acids is 1. The van der Waals surface area contributed by atoms with Gasteiger partial charge in [0.2, 0.25) is 5.91 Å². The van der Waals surface area contributed by atoms with Crippen LogP contribution < -0.4 is 16.4 Å². The zero-order valence-electron chi connectivity index (χ0n) is 8.57. The Balaban J connectivity index is 2.68. The van der Waals surface area contributed by atoms with Gasteiger partial charge in [0.25, 0.3) is 0 Å². The number of aromatic nitrogens is 2. The molecule has 0 radical (unpaired) electrons. The van der Waals surface area contributed by atoms with Crippen molar-refractivity contribution >= 4 is 29.3 Å². The van der Waals surface area contributed by atoms with Gasteiger partial charge in [-0.05, 0) is 6.26 Å². The monoisotopic (exact) mass is 227 g/mol. The highest BCUT2D eigenvalue weighted by molar-refractivity contribution is 7.98. The highest BCUT2D eigenvalue weighted by Crippen LogP contribution is 2.14. The molecule has 0 saturated heterocycles. The molecular weight excluding hydrogens is 214 g/mol. The molecule has 4 N–H and O–H groups in total. The number of nitrogen functional groups attached to an aromatic ring is 1. The standard InChI is InChI=1S/C8H13N5OS/c1-10-7(14)4-11-6-3-5(9)12-8(13-6)15-2/h3H,4H2,1-2H3,(H,10,14)(H3,9,11,12,13). The minimum Gasteiger partial charge on any atom is -0.383 e. The molecule has 1 amide bonds. The summed E-state index contributed by atoms with van der Waals surface area (Å²) >= 11 is 1.39. The average Bonchev–Trinajstić information content (AvgIpc) is 2.25. The SMILES string of the molecule is CNC(=O)CNc1cc(N)nc(SC)n1. The summed E-state index contributed by atoms with van der Waals surface area (Å²) in [4.78, 5) is 19.1. The molecule has 1 aromatic heterocycles. The first-order valence-electron chi connectivity index (χ1n) is 4.28. The lowest BCUT2D eigenvalue weighted by Gasteiger charge is -2.06. The van der Waals surface area contributed by atoms with Gasteiger partial charge < -0.3 is 16.4 Å². The van der Waals surface area contributed by atoms with E-state index >= 15 is 0 Å². The number of carbonyl (C=O) groups is 1. The second kappa shape index (κ2) is 5.40. The summed E-state index contributed by atoms with van der Waals surface area (Å²) in [6.07, 6.45) is 1.86. The minimum absolute atomic E-state index is 0.113. The van der Waals surface area contributed by atoms with Crippen LogP contribution in [0.5, 0.6) is 0 Å². The molecule has 0 aliphatic rings. The van der Waals surface area contributed by atoms with Crippen LogP contribution in [0.4, 0.5) is 11.6 Å². The zero-order valence-corrected chi connectivity index (χ0v) is 9.39. The molecule has 0 bridgehead atoms. The van der Waals surface area contributed by atoms with E-state index in [0.29, 0.717) is 16.8 Å². The molecule has 0 aliphatic heterocycles. The predicted octanol–water partition coefficient (Wildman–Crippen LogP) is -0.0614. The molecule has 1 heterocycles. The van der Waals surface area contributed by atoms with Crippen molar-refractivity contribution in [2.24, 2.45) is 0 Å². The fourth-order valence-corrected chi connectivity index (χ4v) is 1.27. The van der Waals surface area contributed by atoms with Crippen molar-refractivity contribution in [3.63, 3.8) is 0 Å². The van der Waals surface area contributed by atoms with E-state index in [0.717, 1.165) is 0 Å². The second-order valence-electron chi connectivity index (χ2n) is 2.69. The van der Waals surface area contributed by atoms with E-state index in [-0.39, 0.29) is 12.5 Å². The molecule has 1 rings (SSSR count). The predicted molar refractivity (Wildman–Crippen MR) is 60.8 cm³/mol. The maximum Gasteiger partial charge on any atom is 0.239 e. The van der Waals surface area contributed by atoms with Crippen LogP contribution in [-0.2, 0) is 4.79 Å². The summed E-state index contributed by atoms with van der Waals surface area (Å²) in [6.45, 7) is 0.167. The summed E-state index contributed by atoms with van der Waals surface area (Å²) < 4.78 is 0. The molecule has 0 aromatic carbocycles. The van der Waals surface area contributed by atoms with Crippen LogP contribution in [0.3, 0.4) is 0 Å². The number of rotatable bonds is 4. The number of amides is 1. The molecule has 6 nitrogen and oxygen atoms in total. The van der Waals surface area contributed by atoms with E-state index in [9.17, 15) is 4.79 Å². The van der Waals surface area contributed by atoms with Gasteiger partial charge in [-0.15, -0.1) is 0 Å². The molecule has 15 heavy (non-hydrogen) atoms. The first-order valence-corrected chi connectivity index (χ1v) is 5.51. The molecule has 7 heteroatoms. The number of anilines is 2. The maximum absolute atomic E-state index is 11.0. The van der Waals surface area contributed by atoms with Gasteiger partial charge in [0, 0.05) is 13.1 Å². The average molecular weight is 227 g/mol. The molecule has 0 spiro atoms. The lowest BCUT2D eigenvalue weighted by molar-refractivity contribution is -0.118. The molecular formula is C8H13N5OS. The molecule has 0 saturated carbocycles. The molecule has 0 unspecified atom stereocenters. The summed E-state index contributed by atoms with van der Waals surface area (Å²) in [6, 6.07) is 1.59. The number of nitrogens with two attached hydrogens (primary N) is 1. The van der Waals surface area contributed by atoms with Crippen molar-refractivity contribution < 1.29 is 4.79 Å². The molecule has 0 aliphatic carbocycles. The van der Waals surface area contributed by atoms with E-state index < -0.39 is 0 Å². The Kier molecular flexibility index (Phi) is 4.17. The summed E-state index contributed by atoms with van der Waals surface area (Å²) in [5.41, 5.74) is 5.57. The van der Waals surface area contributed by atoms with Crippen molar-refractivity contribution in [1.82, 2.24) is 15.3 Å². The van der Waals surface area contributed by atoms with E-state index in [1.54, 1.807) is 13.1 Å². The first kappa shape index (κ1) is 11.6. The first-order chi connectivity index (χ1) is 7.15. The third kappa shape index (κ3) is 3.62. The van der Waals surface area contributed by atoms with Crippen LogP contribution in [0.1, 0.15) is 0 Å². The Morgan fingerprint density at radius 1 is 1.60 bits per heavy atom. The van der Waals surface area contributed by atoms with Crippen LogP contribution in [0.25, 0.3) is 0 Å². The summed E-state index contributed by atoms with van der Waals surface area (Å²) in [7, 11) is 1.58. The molecule has 82 valence electrons. The van der Waals surface area contributed by atoms with Crippen molar-refractivity contribution in [2.45, 2.75) is 5.16 Å². The van der Waals surface area contributed by atoms with Gasteiger partial charge in [0.05, 0.1) is 6.54 Å². The van der Waals surface area contributed by atoms with Crippen LogP contribution in [0.2, 0.25) is 0 Å². The van der Waals surface area contributed by atoms with Crippen LogP contribution in [-0.4, -0.2) is 35.7 Å². The Morgan fingerprint density at radius 2 is 2.33 bits per heavy atom. The van der Waals surface area contributed by atoms with Gasteiger partial charge in [0.1, 0.15) is 11.6 Å². The number of likely N-dealkylation sites (N-methyl/N-ethyl adjacent to an activating group) is 1. The Bertz CT molecular complexity index is 357. The van der Waals surface area contributed by atoms with Gasteiger partial charge in [-0.2, -0.15) is 0 Å². The normalized spacial score (nSPS) is 9.73.